The molecule has 2 atom stereocenters. The minimum atomic E-state index is -0.478. The SMILES string of the molecule is CC(C)(C)OC(=O)NC[C@H]1CCO[C@@H]1COCc1ccccc1. The molecule has 0 aromatic heterocycles. The van der Waals surface area contributed by atoms with Crippen molar-refractivity contribution >= 4 is 6.09 Å². The van der Waals surface area contributed by atoms with Crippen LogP contribution in [-0.2, 0) is 20.8 Å². The van der Waals surface area contributed by atoms with Crippen LogP contribution in [0.5, 0.6) is 0 Å². The summed E-state index contributed by atoms with van der Waals surface area (Å²) in [7, 11) is 0. The zero-order valence-electron chi connectivity index (χ0n) is 14.2. The van der Waals surface area contributed by atoms with E-state index in [4.69, 9.17) is 14.2 Å². The van der Waals surface area contributed by atoms with Gasteiger partial charge in [-0.3, -0.25) is 0 Å². The summed E-state index contributed by atoms with van der Waals surface area (Å²) >= 11 is 0. The summed E-state index contributed by atoms with van der Waals surface area (Å²) in [5.74, 6) is 0.262. The third kappa shape index (κ3) is 6.59. The van der Waals surface area contributed by atoms with Gasteiger partial charge < -0.3 is 19.5 Å². The number of carbonyl (C=O) groups excluding carboxylic acids is 1. The van der Waals surface area contributed by atoms with E-state index in [2.05, 4.69) is 5.32 Å². The third-order valence-electron chi connectivity index (χ3n) is 3.65. The predicted molar refractivity (Wildman–Crippen MR) is 88.2 cm³/mol. The van der Waals surface area contributed by atoms with E-state index < -0.39 is 5.60 Å². The van der Waals surface area contributed by atoms with Crippen LogP contribution in [0.15, 0.2) is 30.3 Å². The van der Waals surface area contributed by atoms with E-state index in [1.807, 2.05) is 51.1 Å². The second-order valence-corrected chi connectivity index (χ2v) is 6.84. The van der Waals surface area contributed by atoms with E-state index in [9.17, 15) is 4.79 Å². The summed E-state index contributed by atoms with van der Waals surface area (Å²) in [4.78, 5) is 11.7. The first-order valence-corrected chi connectivity index (χ1v) is 8.14. The molecule has 5 nitrogen and oxygen atoms in total. The van der Waals surface area contributed by atoms with E-state index in [0.717, 1.165) is 12.0 Å². The minimum absolute atomic E-state index is 0.0219. The van der Waals surface area contributed by atoms with Crippen LogP contribution in [0.3, 0.4) is 0 Å². The van der Waals surface area contributed by atoms with Gasteiger partial charge in [0.1, 0.15) is 5.60 Å². The second kappa shape index (κ2) is 8.31. The molecule has 1 aromatic rings. The molecular weight excluding hydrogens is 294 g/mol. The summed E-state index contributed by atoms with van der Waals surface area (Å²) < 4.78 is 16.7. The highest BCUT2D eigenvalue weighted by Crippen LogP contribution is 2.21. The number of rotatable bonds is 6. The molecule has 1 aliphatic rings. The van der Waals surface area contributed by atoms with Gasteiger partial charge in [-0.15, -0.1) is 0 Å². The van der Waals surface area contributed by atoms with Gasteiger partial charge in [0, 0.05) is 19.1 Å². The zero-order chi connectivity index (χ0) is 16.7. The first-order valence-electron chi connectivity index (χ1n) is 8.14. The van der Waals surface area contributed by atoms with E-state index >= 15 is 0 Å². The van der Waals surface area contributed by atoms with Crippen molar-refractivity contribution in [2.24, 2.45) is 5.92 Å². The summed E-state index contributed by atoms with van der Waals surface area (Å²) in [6.45, 7) is 7.93. The first-order chi connectivity index (χ1) is 10.9. The second-order valence-electron chi connectivity index (χ2n) is 6.84. The van der Waals surface area contributed by atoms with Gasteiger partial charge in [0.2, 0.25) is 0 Å². The summed E-state index contributed by atoms with van der Waals surface area (Å²) in [5.41, 5.74) is 0.669. The van der Waals surface area contributed by atoms with Gasteiger partial charge in [0.25, 0.3) is 0 Å². The zero-order valence-corrected chi connectivity index (χ0v) is 14.2. The number of nitrogens with one attached hydrogen (secondary N) is 1. The van der Waals surface area contributed by atoms with Gasteiger partial charge in [-0.2, -0.15) is 0 Å². The topological polar surface area (TPSA) is 56.8 Å². The van der Waals surface area contributed by atoms with E-state index in [1.54, 1.807) is 0 Å². The molecule has 5 heteroatoms. The van der Waals surface area contributed by atoms with Crippen molar-refractivity contribution in [3.8, 4) is 0 Å². The van der Waals surface area contributed by atoms with Crippen LogP contribution < -0.4 is 5.32 Å². The van der Waals surface area contributed by atoms with Crippen LogP contribution in [0.25, 0.3) is 0 Å². The van der Waals surface area contributed by atoms with Crippen molar-refractivity contribution in [2.75, 3.05) is 19.8 Å². The molecule has 128 valence electrons. The van der Waals surface area contributed by atoms with Gasteiger partial charge in [-0.25, -0.2) is 4.79 Å². The Balaban J connectivity index is 1.69. The van der Waals surface area contributed by atoms with Crippen LogP contribution in [0, 0.1) is 5.92 Å². The van der Waals surface area contributed by atoms with Crippen LogP contribution in [0.4, 0.5) is 4.79 Å². The minimum Gasteiger partial charge on any atom is -0.444 e. The van der Waals surface area contributed by atoms with Gasteiger partial charge in [0.05, 0.1) is 19.3 Å². The molecule has 1 saturated heterocycles. The lowest BCUT2D eigenvalue weighted by Crippen LogP contribution is -2.38. The molecule has 2 rings (SSSR count). The Labute approximate surface area is 138 Å². The van der Waals surface area contributed by atoms with Crippen molar-refractivity contribution in [2.45, 2.75) is 45.5 Å². The maximum Gasteiger partial charge on any atom is 0.407 e. The Kier molecular flexibility index (Phi) is 6.42. The molecule has 1 aliphatic heterocycles. The monoisotopic (exact) mass is 321 g/mol. The Morgan fingerprint density at radius 3 is 2.74 bits per heavy atom. The maximum absolute atomic E-state index is 11.7. The highest BCUT2D eigenvalue weighted by atomic mass is 16.6. The van der Waals surface area contributed by atoms with Crippen LogP contribution in [-0.4, -0.2) is 37.6 Å². The van der Waals surface area contributed by atoms with Crippen LogP contribution in [0.1, 0.15) is 32.8 Å². The number of carbonyl (C=O) groups is 1. The summed E-state index contributed by atoms with van der Waals surface area (Å²) in [6.07, 6.45) is 0.566. The van der Waals surface area contributed by atoms with Crippen molar-refractivity contribution in [1.82, 2.24) is 5.32 Å². The molecule has 23 heavy (non-hydrogen) atoms. The average Bonchev–Trinajstić information content (AvgIpc) is 2.92. The van der Waals surface area contributed by atoms with Crippen molar-refractivity contribution in [3.63, 3.8) is 0 Å². The summed E-state index contributed by atoms with van der Waals surface area (Å²) in [5, 5.41) is 2.82. The van der Waals surface area contributed by atoms with Crippen LogP contribution in [0.2, 0.25) is 0 Å². The third-order valence-corrected chi connectivity index (χ3v) is 3.65. The van der Waals surface area contributed by atoms with Gasteiger partial charge >= 0.3 is 6.09 Å². The smallest absolute Gasteiger partial charge is 0.407 e. The van der Waals surface area contributed by atoms with Gasteiger partial charge in [-0.1, -0.05) is 30.3 Å². The Bertz CT molecular complexity index is 484. The molecule has 1 heterocycles. The maximum atomic E-state index is 11.7. The molecule has 1 N–H and O–H groups in total. The molecule has 0 bridgehead atoms. The lowest BCUT2D eigenvalue weighted by Gasteiger charge is -2.22. The number of benzene rings is 1. The van der Waals surface area contributed by atoms with E-state index in [0.29, 0.717) is 26.4 Å². The first kappa shape index (κ1) is 17.8. The van der Waals surface area contributed by atoms with Crippen molar-refractivity contribution in [3.05, 3.63) is 35.9 Å². The largest absolute Gasteiger partial charge is 0.444 e. The Hall–Kier alpha value is -1.59. The number of alkyl carbamates (subject to hydrolysis) is 1. The highest BCUT2D eigenvalue weighted by Gasteiger charge is 2.29. The van der Waals surface area contributed by atoms with Crippen LogP contribution >= 0.6 is 0 Å². The van der Waals surface area contributed by atoms with Crippen molar-refractivity contribution in [1.29, 1.82) is 0 Å². The molecule has 0 aliphatic carbocycles. The molecular formula is C18H27NO4. The normalized spacial score (nSPS) is 21.2. The lowest BCUT2D eigenvalue weighted by molar-refractivity contribution is -0.00494. The van der Waals surface area contributed by atoms with Gasteiger partial charge in [0.15, 0.2) is 0 Å². The molecule has 0 saturated carbocycles. The molecule has 1 aromatic carbocycles. The molecule has 0 unspecified atom stereocenters. The molecule has 1 amide bonds. The van der Waals surface area contributed by atoms with Gasteiger partial charge in [-0.05, 0) is 32.8 Å². The number of ether oxygens (including phenoxy) is 3. The lowest BCUT2D eigenvalue weighted by atomic mass is 10.0. The fourth-order valence-corrected chi connectivity index (χ4v) is 2.51. The summed E-state index contributed by atoms with van der Waals surface area (Å²) in [6, 6.07) is 10.1. The average molecular weight is 321 g/mol. The highest BCUT2D eigenvalue weighted by molar-refractivity contribution is 5.67. The molecule has 1 fully saturated rings. The Morgan fingerprint density at radius 2 is 2.04 bits per heavy atom. The standard InChI is InChI=1S/C18H27NO4/c1-18(2,3)23-17(20)19-11-15-9-10-22-16(15)13-21-12-14-7-5-4-6-8-14/h4-8,15-16H,9-13H2,1-3H3,(H,19,20)/t15-,16-/m1/s1. The quantitative estimate of drug-likeness (QED) is 0.874. The predicted octanol–water partition coefficient (Wildman–Crippen LogP) is 3.13. The number of hydrogen-bond acceptors (Lipinski definition) is 4. The fraction of sp³-hybridized carbons (Fsp3) is 0.611. The Morgan fingerprint density at radius 1 is 1.30 bits per heavy atom. The number of amides is 1. The number of hydrogen-bond donors (Lipinski definition) is 1. The van der Waals surface area contributed by atoms with E-state index in [1.165, 1.54) is 0 Å². The van der Waals surface area contributed by atoms with E-state index in [-0.39, 0.29) is 18.1 Å². The van der Waals surface area contributed by atoms with Crippen molar-refractivity contribution < 1.29 is 19.0 Å². The molecule has 0 spiro atoms. The fourth-order valence-electron chi connectivity index (χ4n) is 2.51. The molecule has 0 radical (unpaired) electrons.